The molecule has 0 aliphatic heterocycles. The summed E-state index contributed by atoms with van der Waals surface area (Å²) >= 11 is 0. The third-order valence-electron chi connectivity index (χ3n) is 2.03. The summed E-state index contributed by atoms with van der Waals surface area (Å²) in [6.07, 6.45) is 1.48. The Morgan fingerprint density at radius 2 is 2.07 bits per heavy atom. The lowest BCUT2D eigenvalue weighted by atomic mass is 10.2. The van der Waals surface area contributed by atoms with Crippen LogP contribution in [0.5, 0.6) is 0 Å². The van der Waals surface area contributed by atoms with E-state index in [1.54, 1.807) is 14.0 Å². The second-order valence-corrected chi connectivity index (χ2v) is 3.36. The molecule has 0 saturated heterocycles. The molecule has 0 amide bonds. The van der Waals surface area contributed by atoms with Gasteiger partial charge in [-0.25, -0.2) is 0 Å². The molecule has 0 saturated carbocycles. The van der Waals surface area contributed by atoms with Crippen LogP contribution in [0.2, 0.25) is 0 Å². The largest absolute Gasteiger partial charge is 0.395 e. The van der Waals surface area contributed by atoms with E-state index in [0.717, 1.165) is 19.5 Å². The van der Waals surface area contributed by atoms with E-state index < -0.39 is 0 Å². The second kappa shape index (κ2) is 9.12. The number of ether oxygens (including phenoxy) is 1. The van der Waals surface area contributed by atoms with Gasteiger partial charge >= 0.3 is 0 Å². The maximum absolute atomic E-state index is 10.7. The summed E-state index contributed by atoms with van der Waals surface area (Å²) in [4.78, 5) is 12.8. The third-order valence-corrected chi connectivity index (χ3v) is 2.03. The highest BCUT2D eigenvalue weighted by Gasteiger charge is 2.03. The first-order chi connectivity index (χ1) is 6.70. The van der Waals surface area contributed by atoms with Crippen LogP contribution in [0.4, 0.5) is 0 Å². The summed E-state index contributed by atoms with van der Waals surface area (Å²) in [5, 5.41) is 8.80. The molecule has 14 heavy (non-hydrogen) atoms. The van der Waals surface area contributed by atoms with Crippen LogP contribution in [-0.2, 0) is 9.53 Å². The molecule has 0 atom stereocenters. The Balaban J connectivity index is 3.55. The van der Waals surface area contributed by atoms with Crippen LogP contribution in [0.3, 0.4) is 0 Å². The Morgan fingerprint density at radius 1 is 1.36 bits per heavy atom. The van der Waals surface area contributed by atoms with Gasteiger partial charge in [-0.1, -0.05) is 0 Å². The molecule has 0 fully saturated rings. The minimum Gasteiger partial charge on any atom is -0.395 e. The van der Waals surface area contributed by atoms with Crippen LogP contribution in [0.25, 0.3) is 0 Å². The minimum atomic E-state index is 0.157. The molecule has 0 aromatic carbocycles. The van der Waals surface area contributed by atoms with Crippen molar-refractivity contribution in [3.8, 4) is 0 Å². The topological polar surface area (TPSA) is 49.8 Å². The number of ketones is 1. The fourth-order valence-corrected chi connectivity index (χ4v) is 1.25. The van der Waals surface area contributed by atoms with E-state index in [-0.39, 0.29) is 12.4 Å². The Morgan fingerprint density at radius 3 is 2.57 bits per heavy atom. The zero-order valence-corrected chi connectivity index (χ0v) is 9.16. The van der Waals surface area contributed by atoms with Crippen LogP contribution < -0.4 is 0 Å². The van der Waals surface area contributed by atoms with Gasteiger partial charge < -0.3 is 14.6 Å². The average molecular weight is 203 g/mol. The molecule has 4 nitrogen and oxygen atoms in total. The van der Waals surface area contributed by atoms with Gasteiger partial charge in [-0.3, -0.25) is 4.90 Å². The SMILES string of the molecule is COCCN(CCO)CCCC(C)=O. The highest BCUT2D eigenvalue weighted by Crippen LogP contribution is 1.96. The van der Waals surface area contributed by atoms with Gasteiger partial charge in [0.25, 0.3) is 0 Å². The van der Waals surface area contributed by atoms with Crippen LogP contribution in [0, 0.1) is 0 Å². The number of rotatable bonds is 9. The summed E-state index contributed by atoms with van der Waals surface area (Å²) in [6, 6.07) is 0. The molecule has 0 aliphatic carbocycles. The van der Waals surface area contributed by atoms with Gasteiger partial charge in [-0.2, -0.15) is 0 Å². The van der Waals surface area contributed by atoms with Crippen molar-refractivity contribution in [2.75, 3.05) is 40.0 Å². The van der Waals surface area contributed by atoms with Crippen LogP contribution in [-0.4, -0.2) is 55.7 Å². The molecule has 0 aromatic heterocycles. The molecular weight excluding hydrogens is 182 g/mol. The summed E-state index contributed by atoms with van der Waals surface area (Å²) in [7, 11) is 1.66. The van der Waals surface area contributed by atoms with Crippen molar-refractivity contribution in [3.05, 3.63) is 0 Å². The molecule has 0 heterocycles. The minimum absolute atomic E-state index is 0.157. The maximum Gasteiger partial charge on any atom is 0.129 e. The normalized spacial score (nSPS) is 10.9. The predicted molar refractivity (Wildman–Crippen MR) is 55.3 cm³/mol. The Kier molecular flexibility index (Phi) is 8.83. The molecule has 1 N–H and O–H groups in total. The number of carbonyl (C=O) groups is 1. The predicted octanol–water partition coefficient (Wildman–Crippen LogP) is 0.296. The number of hydrogen-bond acceptors (Lipinski definition) is 4. The lowest BCUT2D eigenvalue weighted by Crippen LogP contribution is -2.31. The summed E-state index contributed by atoms with van der Waals surface area (Å²) in [6.45, 7) is 4.75. The number of nitrogens with zero attached hydrogens (tertiary/aromatic N) is 1. The number of methoxy groups -OCH3 is 1. The first kappa shape index (κ1) is 13.5. The number of aliphatic hydroxyl groups excluding tert-OH is 1. The van der Waals surface area contributed by atoms with E-state index in [1.165, 1.54) is 0 Å². The van der Waals surface area contributed by atoms with E-state index in [0.29, 0.717) is 19.6 Å². The summed E-state index contributed by atoms with van der Waals surface area (Å²) in [5.41, 5.74) is 0. The van der Waals surface area contributed by atoms with Crippen molar-refractivity contribution in [2.24, 2.45) is 0 Å². The maximum atomic E-state index is 10.7. The van der Waals surface area contributed by atoms with Crippen molar-refractivity contribution < 1.29 is 14.6 Å². The molecule has 0 aromatic rings. The van der Waals surface area contributed by atoms with E-state index in [4.69, 9.17) is 9.84 Å². The number of carbonyl (C=O) groups excluding carboxylic acids is 1. The van der Waals surface area contributed by atoms with Gasteiger partial charge in [0.15, 0.2) is 0 Å². The number of hydrogen-bond donors (Lipinski definition) is 1. The van der Waals surface area contributed by atoms with Crippen molar-refractivity contribution >= 4 is 5.78 Å². The highest BCUT2D eigenvalue weighted by molar-refractivity contribution is 5.75. The fourth-order valence-electron chi connectivity index (χ4n) is 1.25. The second-order valence-electron chi connectivity index (χ2n) is 3.36. The molecule has 0 aliphatic rings. The lowest BCUT2D eigenvalue weighted by molar-refractivity contribution is -0.117. The highest BCUT2D eigenvalue weighted by atomic mass is 16.5. The smallest absolute Gasteiger partial charge is 0.129 e. The molecule has 0 unspecified atom stereocenters. The van der Waals surface area contributed by atoms with Crippen LogP contribution >= 0.6 is 0 Å². The van der Waals surface area contributed by atoms with Crippen molar-refractivity contribution in [3.63, 3.8) is 0 Å². The zero-order chi connectivity index (χ0) is 10.8. The molecular formula is C10H21NO3. The number of aliphatic hydroxyl groups is 1. The Hall–Kier alpha value is -0.450. The van der Waals surface area contributed by atoms with Crippen molar-refractivity contribution in [1.29, 1.82) is 0 Å². The standard InChI is InChI=1S/C10H21NO3/c1-10(13)4-3-5-11(6-8-12)7-9-14-2/h12H,3-9H2,1-2H3. The first-order valence-electron chi connectivity index (χ1n) is 5.02. The van der Waals surface area contributed by atoms with Gasteiger partial charge in [0.1, 0.15) is 5.78 Å². The number of Topliss-reactive ketones (excluding diaryl/α,β-unsaturated/α-hetero) is 1. The van der Waals surface area contributed by atoms with Crippen LogP contribution in [0.15, 0.2) is 0 Å². The molecule has 4 heteroatoms. The van der Waals surface area contributed by atoms with Crippen molar-refractivity contribution in [2.45, 2.75) is 19.8 Å². The van der Waals surface area contributed by atoms with E-state index in [2.05, 4.69) is 4.90 Å². The monoisotopic (exact) mass is 203 g/mol. The van der Waals surface area contributed by atoms with E-state index in [9.17, 15) is 4.79 Å². The molecule has 84 valence electrons. The van der Waals surface area contributed by atoms with Gasteiger partial charge in [0.2, 0.25) is 0 Å². The van der Waals surface area contributed by atoms with Gasteiger partial charge in [-0.15, -0.1) is 0 Å². The third kappa shape index (κ3) is 8.16. The van der Waals surface area contributed by atoms with Gasteiger partial charge in [0.05, 0.1) is 13.2 Å². The molecule has 0 spiro atoms. The molecule has 0 rings (SSSR count). The summed E-state index contributed by atoms with van der Waals surface area (Å²) in [5.74, 6) is 0.223. The van der Waals surface area contributed by atoms with Crippen LogP contribution in [0.1, 0.15) is 19.8 Å². The zero-order valence-electron chi connectivity index (χ0n) is 9.16. The summed E-state index contributed by atoms with van der Waals surface area (Å²) < 4.78 is 4.96. The lowest BCUT2D eigenvalue weighted by Gasteiger charge is -2.20. The quantitative estimate of drug-likeness (QED) is 0.585. The molecule has 0 bridgehead atoms. The fraction of sp³-hybridized carbons (Fsp3) is 0.900. The Bertz CT molecular complexity index is 150. The molecule has 0 radical (unpaired) electrons. The first-order valence-corrected chi connectivity index (χ1v) is 5.02. The average Bonchev–Trinajstić information content (AvgIpc) is 2.13. The van der Waals surface area contributed by atoms with E-state index in [1.807, 2.05) is 0 Å². The van der Waals surface area contributed by atoms with E-state index >= 15 is 0 Å². The van der Waals surface area contributed by atoms with Crippen molar-refractivity contribution in [1.82, 2.24) is 4.90 Å². The van der Waals surface area contributed by atoms with Gasteiger partial charge in [0, 0.05) is 26.6 Å². The Labute approximate surface area is 85.9 Å². The van der Waals surface area contributed by atoms with Gasteiger partial charge in [-0.05, 0) is 19.9 Å².